The number of hydrogen-bond acceptors (Lipinski definition) is 5. The van der Waals surface area contributed by atoms with Crippen LogP contribution in [0, 0.1) is 6.92 Å². The zero-order valence-corrected chi connectivity index (χ0v) is 18.7. The maximum absolute atomic E-state index is 13.1. The smallest absolute Gasteiger partial charge is 0.416 e. The summed E-state index contributed by atoms with van der Waals surface area (Å²) in [5.74, 6) is 0.208. The minimum Gasteiger partial charge on any atom is -0.497 e. The molecular weight excluding hydrogens is 449 g/mol. The Labute approximate surface area is 194 Å². The van der Waals surface area contributed by atoms with Gasteiger partial charge in [-0.2, -0.15) is 18.3 Å². The van der Waals surface area contributed by atoms with Crippen LogP contribution in [0.5, 0.6) is 5.75 Å². The van der Waals surface area contributed by atoms with Crippen LogP contribution in [-0.4, -0.2) is 53.9 Å². The van der Waals surface area contributed by atoms with Crippen LogP contribution >= 0.6 is 0 Å². The molecule has 0 saturated carbocycles. The van der Waals surface area contributed by atoms with Crippen molar-refractivity contribution >= 4 is 11.6 Å². The molecule has 1 amide bonds. The van der Waals surface area contributed by atoms with E-state index in [9.17, 15) is 22.8 Å². The Kier molecular flexibility index (Phi) is 6.32. The van der Waals surface area contributed by atoms with Gasteiger partial charge in [0.1, 0.15) is 5.75 Å². The molecule has 1 aliphatic rings. The van der Waals surface area contributed by atoms with Crippen molar-refractivity contribution in [3.8, 4) is 11.4 Å². The van der Waals surface area contributed by atoms with Gasteiger partial charge in [0.2, 0.25) is 5.43 Å². The molecule has 0 atom stereocenters. The summed E-state index contributed by atoms with van der Waals surface area (Å²) in [6.45, 7) is 3.43. The number of carbonyl (C=O) groups is 1. The van der Waals surface area contributed by atoms with Crippen LogP contribution in [0.1, 0.15) is 21.7 Å². The summed E-state index contributed by atoms with van der Waals surface area (Å²) >= 11 is 0. The number of nitrogens with zero attached hydrogens (tertiary/aromatic N) is 4. The zero-order valence-electron chi connectivity index (χ0n) is 18.7. The second-order valence-corrected chi connectivity index (χ2v) is 7.94. The molecule has 3 aromatic rings. The van der Waals surface area contributed by atoms with Crippen LogP contribution in [-0.2, 0) is 6.18 Å². The summed E-state index contributed by atoms with van der Waals surface area (Å²) in [6, 6.07) is 13.4. The molecule has 0 aliphatic carbocycles. The van der Waals surface area contributed by atoms with Gasteiger partial charge < -0.3 is 14.5 Å². The number of piperazine rings is 1. The van der Waals surface area contributed by atoms with E-state index in [-0.39, 0.29) is 11.4 Å². The molecule has 1 aromatic heterocycles. The highest BCUT2D eigenvalue weighted by molar-refractivity contribution is 5.92. The van der Waals surface area contributed by atoms with E-state index >= 15 is 0 Å². The molecule has 2 aromatic carbocycles. The van der Waals surface area contributed by atoms with E-state index in [1.165, 1.54) is 27.8 Å². The van der Waals surface area contributed by atoms with Gasteiger partial charge in [-0.15, -0.1) is 0 Å². The molecule has 10 heteroatoms. The Morgan fingerprint density at radius 1 is 0.971 bits per heavy atom. The lowest BCUT2D eigenvalue weighted by Gasteiger charge is -2.36. The fourth-order valence-electron chi connectivity index (χ4n) is 3.88. The van der Waals surface area contributed by atoms with E-state index in [2.05, 4.69) is 10.00 Å². The number of carbonyl (C=O) groups excluding carboxylic acids is 1. The topological polar surface area (TPSA) is 67.7 Å². The lowest BCUT2D eigenvalue weighted by Crippen LogP contribution is -2.50. The number of methoxy groups -OCH3 is 1. The van der Waals surface area contributed by atoms with Crippen LogP contribution in [0.3, 0.4) is 0 Å². The third-order valence-corrected chi connectivity index (χ3v) is 5.73. The minimum atomic E-state index is -4.52. The number of rotatable bonds is 4. The van der Waals surface area contributed by atoms with Crippen LogP contribution in [0.2, 0.25) is 0 Å². The molecule has 4 rings (SSSR count). The van der Waals surface area contributed by atoms with Crippen molar-refractivity contribution in [1.29, 1.82) is 0 Å². The van der Waals surface area contributed by atoms with Crippen molar-refractivity contribution in [3.63, 3.8) is 0 Å². The molecule has 0 bridgehead atoms. The number of alkyl halides is 3. The number of aromatic nitrogens is 2. The average molecular weight is 472 g/mol. The Balaban J connectivity index is 1.54. The van der Waals surface area contributed by atoms with Gasteiger partial charge in [0.15, 0.2) is 5.69 Å². The summed E-state index contributed by atoms with van der Waals surface area (Å²) in [5, 5.41) is 4.15. The second-order valence-electron chi connectivity index (χ2n) is 7.94. The maximum Gasteiger partial charge on any atom is 0.416 e. The Morgan fingerprint density at radius 2 is 1.65 bits per heavy atom. The molecule has 34 heavy (non-hydrogen) atoms. The van der Waals surface area contributed by atoms with Crippen LogP contribution < -0.4 is 15.1 Å². The molecule has 0 N–H and O–H groups in total. The Bertz CT molecular complexity index is 1250. The normalized spacial score (nSPS) is 14.3. The maximum atomic E-state index is 13.1. The minimum absolute atomic E-state index is 0.116. The van der Waals surface area contributed by atoms with E-state index in [0.717, 1.165) is 23.6 Å². The Hall–Kier alpha value is -3.82. The predicted molar refractivity (Wildman–Crippen MR) is 121 cm³/mol. The van der Waals surface area contributed by atoms with Gasteiger partial charge in [-0.1, -0.05) is 6.07 Å². The SMILES string of the molecule is COc1ccc(N2CCN(C(=O)c3nn(-c4cccc(C(F)(F)F)c4)c(C)cc3=O)CC2)cc1. The van der Waals surface area contributed by atoms with Crippen molar-refractivity contribution in [1.82, 2.24) is 14.7 Å². The first-order chi connectivity index (χ1) is 16.2. The first kappa shape index (κ1) is 23.3. The van der Waals surface area contributed by atoms with Gasteiger partial charge in [-0.25, -0.2) is 4.68 Å². The largest absolute Gasteiger partial charge is 0.497 e. The van der Waals surface area contributed by atoms with Gasteiger partial charge in [0.05, 0.1) is 18.4 Å². The van der Waals surface area contributed by atoms with Gasteiger partial charge in [0.25, 0.3) is 5.91 Å². The molecule has 1 fully saturated rings. The Morgan fingerprint density at radius 3 is 2.26 bits per heavy atom. The monoisotopic (exact) mass is 472 g/mol. The number of aryl methyl sites for hydroxylation is 1. The highest BCUT2D eigenvalue weighted by Gasteiger charge is 2.31. The van der Waals surface area contributed by atoms with E-state index in [4.69, 9.17) is 4.74 Å². The number of halogens is 3. The zero-order chi connectivity index (χ0) is 24.5. The lowest BCUT2D eigenvalue weighted by molar-refractivity contribution is -0.137. The summed E-state index contributed by atoms with van der Waals surface area (Å²) < 4.78 is 45.8. The van der Waals surface area contributed by atoms with Crippen molar-refractivity contribution < 1.29 is 22.7 Å². The van der Waals surface area contributed by atoms with Crippen LogP contribution in [0.4, 0.5) is 18.9 Å². The highest BCUT2D eigenvalue weighted by atomic mass is 19.4. The van der Waals surface area contributed by atoms with E-state index < -0.39 is 23.1 Å². The van der Waals surface area contributed by atoms with E-state index in [0.29, 0.717) is 31.9 Å². The van der Waals surface area contributed by atoms with Crippen LogP contribution in [0.15, 0.2) is 59.4 Å². The number of anilines is 1. The van der Waals surface area contributed by atoms with E-state index in [1.807, 2.05) is 24.3 Å². The van der Waals surface area contributed by atoms with Crippen molar-refractivity contribution in [2.24, 2.45) is 0 Å². The van der Waals surface area contributed by atoms with Gasteiger partial charge in [-0.3, -0.25) is 9.59 Å². The van der Waals surface area contributed by atoms with Crippen molar-refractivity contribution in [3.05, 3.63) is 81.8 Å². The van der Waals surface area contributed by atoms with Gasteiger partial charge in [0, 0.05) is 43.6 Å². The molecule has 178 valence electrons. The third kappa shape index (κ3) is 4.75. The highest BCUT2D eigenvalue weighted by Crippen LogP contribution is 2.30. The third-order valence-electron chi connectivity index (χ3n) is 5.73. The second kappa shape index (κ2) is 9.20. The number of benzene rings is 2. The van der Waals surface area contributed by atoms with Crippen molar-refractivity contribution in [2.75, 3.05) is 38.2 Å². The standard InChI is InChI=1S/C24H23F3N4O3/c1-16-14-21(32)22(28-31(16)19-5-3-4-17(15-19)24(25,26)27)23(33)30-12-10-29(11-13-30)18-6-8-20(34-2)9-7-18/h3-9,14-15H,10-13H2,1-2H3. The summed E-state index contributed by atoms with van der Waals surface area (Å²) in [6.07, 6.45) is -4.52. The fraction of sp³-hybridized carbons (Fsp3) is 0.292. The summed E-state index contributed by atoms with van der Waals surface area (Å²) in [4.78, 5) is 29.3. The molecular formula is C24H23F3N4O3. The summed E-state index contributed by atoms with van der Waals surface area (Å²) in [7, 11) is 1.60. The molecule has 0 unspecified atom stereocenters. The number of ether oxygens (including phenoxy) is 1. The van der Waals surface area contributed by atoms with Crippen molar-refractivity contribution in [2.45, 2.75) is 13.1 Å². The predicted octanol–water partition coefficient (Wildman–Crippen LogP) is 3.53. The van der Waals surface area contributed by atoms with E-state index in [1.54, 1.807) is 14.0 Å². The van der Waals surface area contributed by atoms with Gasteiger partial charge >= 0.3 is 6.18 Å². The molecule has 0 radical (unpaired) electrons. The fourth-order valence-corrected chi connectivity index (χ4v) is 3.88. The summed E-state index contributed by atoms with van der Waals surface area (Å²) in [5.41, 5.74) is -0.291. The lowest BCUT2D eigenvalue weighted by atomic mass is 10.2. The molecule has 2 heterocycles. The first-order valence-electron chi connectivity index (χ1n) is 10.6. The molecule has 0 spiro atoms. The quantitative estimate of drug-likeness (QED) is 0.581. The van der Waals surface area contributed by atoms with Gasteiger partial charge in [-0.05, 0) is 49.4 Å². The molecule has 1 aliphatic heterocycles. The average Bonchev–Trinajstić information content (AvgIpc) is 2.83. The number of hydrogen-bond donors (Lipinski definition) is 0. The molecule has 7 nitrogen and oxygen atoms in total. The molecule has 1 saturated heterocycles. The number of amides is 1. The first-order valence-corrected chi connectivity index (χ1v) is 10.6. The van der Waals surface area contributed by atoms with Crippen LogP contribution in [0.25, 0.3) is 5.69 Å².